The molecular weight excluding hydrogens is 200 g/mol. The van der Waals surface area contributed by atoms with Gasteiger partial charge in [-0.15, -0.1) is 0 Å². The van der Waals surface area contributed by atoms with Gasteiger partial charge in [0.25, 0.3) is 0 Å². The predicted octanol–water partition coefficient (Wildman–Crippen LogP) is 3.22. The Balaban J connectivity index is 1.62. The highest BCUT2D eigenvalue weighted by atomic mass is 16.5. The first kappa shape index (κ1) is 10.4. The van der Waals surface area contributed by atoms with Crippen LogP contribution in [0.25, 0.3) is 0 Å². The van der Waals surface area contributed by atoms with Crippen molar-refractivity contribution in [2.45, 2.75) is 57.5 Å². The lowest BCUT2D eigenvalue weighted by Gasteiger charge is -2.27. The zero-order valence-electron chi connectivity index (χ0n) is 9.78. The number of fused-ring (bicyclic) bond motifs is 2. The van der Waals surface area contributed by atoms with E-state index in [1.54, 1.807) is 0 Å². The Morgan fingerprint density at radius 1 is 1.19 bits per heavy atom. The molecule has 0 radical (unpaired) electrons. The largest absolute Gasteiger partial charge is 0.462 e. The Hall–Kier alpha value is -0.790. The summed E-state index contributed by atoms with van der Waals surface area (Å²) in [5.74, 6) is 0.717. The number of carbonyl (C=O) groups is 1. The minimum Gasteiger partial charge on any atom is -0.462 e. The number of hydrogen-bond acceptors (Lipinski definition) is 2. The van der Waals surface area contributed by atoms with E-state index in [4.69, 9.17) is 4.74 Å². The second-order valence-electron chi connectivity index (χ2n) is 5.68. The fourth-order valence-corrected chi connectivity index (χ4v) is 3.46. The van der Waals surface area contributed by atoms with Gasteiger partial charge in [0, 0.05) is 0 Å². The molecule has 0 heterocycles. The van der Waals surface area contributed by atoms with Gasteiger partial charge in [-0.2, -0.15) is 0 Å². The lowest BCUT2D eigenvalue weighted by molar-refractivity contribution is -0.159. The van der Waals surface area contributed by atoms with Gasteiger partial charge < -0.3 is 4.74 Å². The second kappa shape index (κ2) is 3.90. The lowest BCUT2D eigenvalue weighted by Crippen LogP contribution is -2.32. The highest BCUT2D eigenvalue weighted by Gasteiger charge is 2.48. The van der Waals surface area contributed by atoms with Crippen molar-refractivity contribution in [2.24, 2.45) is 11.3 Å². The molecule has 0 aliphatic heterocycles. The molecule has 2 saturated carbocycles. The molecule has 0 spiro atoms. The first-order valence-corrected chi connectivity index (χ1v) is 6.69. The quantitative estimate of drug-likeness (QED) is 0.527. The van der Waals surface area contributed by atoms with Gasteiger partial charge in [0.2, 0.25) is 0 Å². The van der Waals surface area contributed by atoms with Gasteiger partial charge in [-0.3, -0.25) is 4.79 Å². The molecule has 3 aliphatic carbocycles. The average Bonchev–Trinajstić information content (AvgIpc) is 2.91. The van der Waals surface area contributed by atoms with Crippen LogP contribution in [0, 0.1) is 11.3 Å². The summed E-state index contributed by atoms with van der Waals surface area (Å²) in [5, 5.41) is 0. The van der Waals surface area contributed by atoms with Gasteiger partial charge in [0.15, 0.2) is 0 Å². The molecule has 3 aliphatic rings. The number of rotatable bonds is 2. The fraction of sp³-hybridized carbons (Fsp3) is 0.786. The van der Waals surface area contributed by atoms with Crippen molar-refractivity contribution in [1.82, 2.24) is 0 Å². The predicted molar refractivity (Wildman–Crippen MR) is 61.9 cm³/mol. The van der Waals surface area contributed by atoms with E-state index in [9.17, 15) is 4.79 Å². The normalized spacial score (nSPS) is 37.9. The van der Waals surface area contributed by atoms with E-state index in [0.29, 0.717) is 5.92 Å². The van der Waals surface area contributed by atoms with Crippen LogP contribution in [0.5, 0.6) is 0 Å². The van der Waals surface area contributed by atoms with E-state index >= 15 is 0 Å². The van der Waals surface area contributed by atoms with E-state index in [-0.39, 0.29) is 17.5 Å². The summed E-state index contributed by atoms with van der Waals surface area (Å²) < 4.78 is 5.71. The Labute approximate surface area is 97.1 Å². The molecule has 2 atom stereocenters. The van der Waals surface area contributed by atoms with Gasteiger partial charge in [-0.25, -0.2) is 0 Å². The van der Waals surface area contributed by atoms with Crippen molar-refractivity contribution in [3.05, 3.63) is 12.2 Å². The van der Waals surface area contributed by atoms with Crippen LogP contribution in [0.4, 0.5) is 0 Å². The summed E-state index contributed by atoms with van der Waals surface area (Å²) in [5.41, 5.74) is -0.220. The maximum atomic E-state index is 12.2. The molecule has 2 heteroatoms. The average molecular weight is 220 g/mol. The van der Waals surface area contributed by atoms with Gasteiger partial charge in [0.1, 0.15) is 6.10 Å². The minimum absolute atomic E-state index is 0.0654. The zero-order chi connectivity index (χ0) is 11.0. The van der Waals surface area contributed by atoms with Crippen LogP contribution in [0.15, 0.2) is 12.2 Å². The van der Waals surface area contributed by atoms with Crippen molar-refractivity contribution in [3.8, 4) is 0 Å². The van der Waals surface area contributed by atoms with Gasteiger partial charge >= 0.3 is 5.97 Å². The molecule has 88 valence electrons. The number of hydrogen-bond donors (Lipinski definition) is 0. The molecule has 0 amide bonds. The van der Waals surface area contributed by atoms with E-state index in [0.717, 1.165) is 25.7 Å². The van der Waals surface area contributed by atoms with Gasteiger partial charge in [-0.05, 0) is 50.9 Å². The molecule has 16 heavy (non-hydrogen) atoms. The zero-order valence-corrected chi connectivity index (χ0v) is 9.78. The van der Waals surface area contributed by atoms with Crippen LogP contribution in [0.3, 0.4) is 0 Å². The first-order chi connectivity index (χ1) is 7.78. The second-order valence-corrected chi connectivity index (χ2v) is 5.68. The monoisotopic (exact) mass is 220 g/mol. The summed E-state index contributed by atoms with van der Waals surface area (Å²) in [6.07, 6.45) is 13.7. The minimum atomic E-state index is -0.220. The molecule has 2 unspecified atom stereocenters. The van der Waals surface area contributed by atoms with Crippen LogP contribution >= 0.6 is 0 Å². The molecule has 0 aromatic carbocycles. The van der Waals surface area contributed by atoms with Crippen LogP contribution in [0.1, 0.15) is 51.4 Å². The van der Waals surface area contributed by atoms with E-state index in [1.165, 1.54) is 25.7 Å². The highest BCUT2D eigenvalue weighted by Crippen LogP contribution is 2.50. The molecule has 0 saturated heterocycles. The van der Waals surface area contributed by atoms with Crippen molar-refractivity contribution < 1.29 is 9.53 Å². The van der Waals surface area contributed by atoms with Crippen molar-refractivity contribution >= 4 is 5.97 Å². The Morgan fingerprint density at radius 2 is 2.00 bits per heavy atom. The topological polar surface area (TPSA) is 26.3 Å². The van der Waals surface area contributed by atoms with Crippen LogP contribution in [-0.2, 0) is 9.53 Å². The van der Waals surface area contributed by atoms with Crippen molar-refractivity contribution in [1.29, 1.82) is 0 Å². The maximum Gasteiger partial charge on any atom is 0.316 e. The van der Waals surface area contributed by atoms with Crippen LogP contribution < -0.4 is 0 Å². The van der Waals surface area contributed by atoms with E-state index in [2.05, 4.69) is 12.2 Å². The molecule has 3 rings (SSSR count). The lowest BCUT2D eigenvalue weighted by atomic mass is 9.87. The third kappa shape index (κ3) is 1.68. The molecule has 0 N–H and O–H groups in total. The standard InChI is InChI=1S/C14H20O2/c15-13(16-12-4-2-1-3-5-12)14-8-6-11(10-14)7-9-14/h6,8,11-12H,1-5,7,9-10H2. The van der Waals surface area contributed by atoms with E-state index < -0.39 is 0 Å². The third-order valence-electron chi connectivity index (χ3n) is 4.51. The number of allylic oxidation sites excluding steroid dienone is 1. The molecule has 0 aromatic rings. The van der Waals surface area contributed by atoms with E-state index in [1.807, 2.05) is 0 Å². The SMILES string of the molecule is O=C(OC1CCCCC1)C12C=CC(CC1)C2. The molecule has 0 aromatic heterocycles. The van der Waals surface area contributed by atoms with Crippen molar-refractivity contribution in [2.75, 3.05) is 0 Å². The van der Waals surface area contributed by atoms with Crippen LogP contribution in [-0.4, -0.2) is 12.1 Å². The van der Waals surface area contributed by atoms with Gasteiger partial charge in [-0.1, -0.05) is 18.6 Å². The summed E-state index contributed by atoms with van der Waals surface area (Å²) in [6, 6.07) is 0. The van der Waals surface area contributed by atoms with Gasteiger partial charge in [0.05, 0.1) is 5.41 Å². The number of esters is 1. The molecule has 2 fully saturated rings. The smallest absolute Gasteiger partial charge is 0.316 e. The van der Waals surface area contributed by atoms with Crippen LogP contribution in [0.2, 0.25) is 0 Å². The summed E-state index contributed by atoms with van der Waals surface area (Å²) >= 11 is 0. The third-order valence-corrected chi connectivity index (χ3v) is 4.51. The maximum absolute atomic E-state index is 12.2. The first-order valence-electron chi connectivity index (χ1n) is 6.69. The molecule has 2 bridgehead atoms. The Kier molecular flexibility index (Phi) is 2.53. The number of carbonyl (C=O) groups excluding carboxylic acids is 1. The summed E-state index contributed by atoms with van der Waals surface area (Å²) in [7, 11) is 0. The Bertz CT molecular complexity index is 315. The molecular formula is C14H20O2. The number of ether oxygens (including phenoxy) is 1. The fourth-order valence-electron chi connectivity index (χ4n) is 3.46. The summed E-state index contributed by atoms with van der Waals surface area (Å²) in [6.45, 7) is 0. The van der Waals surface area contributed by atoms with Crippen molar-refractivity contribution in [3.63, 3.8) is 0 Å². The highest BCUT2D eigenvalue weighted by molar-refractivity contribution is 5.80. The molecule has 2 nitrogen and oxygen atoms in total. The summed E-state index contributed by atoms with van der Waals surface area (Å²) in [4.78, 5) is 12.2. The Morgan fingerprint density at radius 3 is 2.56 bits per heavy atom.